The van der Waals surface area contributed by atoms with Crippen LogP contribution in [0.5, 0.6) is 5.75 Å². The maximum absolute atomic E-state index is 11.0. The van der Waals surface area contributed by atoms with Gasteiger partial charge in [-0.15, -0.1) is 0 Å². The summed E-state index contributed by atoms with van der Waals surface area (Å²) in [6.45, 7) is 7.82. The minimum absolute atomic E-state index is 0.0361. The molecular formula is C23H24BrClO4. The molecule has 3 rings (SSSR count). The summed E-state index contributed by atoms with van der Waals surface area (Å²) in [6.07, 6.45) is 0.458. The quantitative estimate of drug-likeness (QED) is 0.488. The number of hydrogen-bond acceptors (Lipinski definition) is 3. The van der Waals surface area contributed by atoms with Gasteiger partial charge in [0.25, 0.3) is 0 Å². The molecule has 1 fully saturated rings. The Bertz CT molecular complexity index is 914. The molecule has 0 aliphatic carbocycles. The lowest BCUT2D eigenvalue weighted by Crippen LogP contribution is -2.34. The van der Waals surface area contributed by atoms with Crippen molar-refractivity contribution >= 4 is 33.5 Å². The zero-order valence-corrected chi connectivity index (χ0v) is 18.7. The third-order valence-electron chi connectivity index (χ3n) is 5.38. The average molecular weight is 480 g/mol. The number of carbonyl (C=O) groups is 1. The first-order valence-electron chi connectivity index (χ1n) is 9.47. The summed E-state index contributed by atoms with van der Waals surface area (Å²) in [6, 6.07) is 13.5. The van der Waals surface area contributed by atoms with Gasteiger partial charge >= 0.3 is 5.97 Å². The Hall–Kier alpha value is -1.82. The van der Waals surface area contributed by atoms with Gasteiger partial charge in [0, 0.05) is 22.4 Å². The zero-order chi connectivity index (χ0) is 21.1. The first-order valence-corrected chi connectivity index (χ1v) is 10.6. The Morgan fingerprint density at radius 2 is 1.97 bits per heavy atom. The predicted octanol–water partition coefficient (Wildman–Crippen LogP) is 6.39. The van der Waals surface area contributed by atoms with E-state index in [1.165, 1.54) is 0 Å². The van der Waals surface area contributed by atoms with Crippen LogP contribution >= 0.6 is 27.5 Å². The minimum atomic E-state index is -1.03. The fourth-order valence-electron chi connectivity index (χ4n) is 3.95. The lowest BCUT2D eigenvalue weighted by molar-refractivity contribution is -0.139. The van der Waals surface area contributed by atoms with E-state index in [0.29, 0.717) is 10.2 Å². The highest BCUT2D eigenvalue weighted by molar-refractivity contribution is 9.10. The van der Waals surface area contributed by atoms with Crippen molar-refractivity contribution in [3.8, 4) is 5.75 Å². The molecule has 0 aromatic heterocycles. The second-order valence-corrected chi connectivity index (χ2v) is 8.68. The number of halogens is 2. The van der Waals surface area contributed by atoms with Gasteiger partial charge in [0.15, 0.2) is 6.61 Å². The molecule has 4 nitrogen and oxygen atoms in total. The van der Waals surface area contributed by atoms with E-state index in [2.05, 4.69) is 22.5 Å². The second-order valence-electron chi connectivity index (χ2n) is 7.42. The number of para-hydroxylation sites is 1. The van der Waals surface area contributed by atoms with Crippen LogP contribution in [0.3, 0.4) is 0 Å². The summed E-state index contributed by atoms with van der Waals surface area (Å²) in [5.74, 6) is -0.361. The molecule has 1 aliphatic heterocycles. The topological polar surface area (TPSA) is 55.8 Å². The van der Waals surface area contributed by atoms with Gasteiger partial charge in [0.05, 0.1) is 16.7 Å². The molecule has 0 saturated carbocycles. The lowest BCUT2D eigenvalue weighted by Gasteiger charge is -2.42. The van der Waals surface area contributed by atoms with Crippen molar-refractivity contribution in [1.82, 2.24) is 0 Å². The number of hydrogen-bond donors (Lipinski definition) is 1. The molecule has 29 heavy (non-hydrogen) atoms. The van der Waals surface area contributed by atoms with Crippen molar-refractivity contribution in [1.29, 1.82) is 0 Å². The number of carboxylic acids is 1. The highest BCUT2D eigenvalue weighted by Crippen LogP contribution is 2.49. The SMILES string of the molecule is C=C(C)[C@H]1C[C@H](c2ccccc2Cl)[C@H](C)O[C@@H]1c1cccc(Br)c1OCC(=O)O. The Labute approximate surface area is 184 Å². The third kappa shape index (κ3) is 4.85. The van der Waals surface area contributed by atoms with E-state index < -0.39 is 12.6 Å². The molecular weight excluding hydrogens is 456 g/mol. The van der Waals surface area contributed by atoms with Gasteiger partial charge in [-0.1, -0.05) is 54.1 Å². The van der Waals surface area contributed by atoms with Crippen LogP contribution in [0.25, 0.3) is 0 Å². The maximum atomic E-state index is 11.0. The maximum Gasteiger partial charge on any atom is 0.341 e. The van der Waals surface area contributed by atoms with Gasteiger partial charge < -0.3 is 14.6 Å². The summed E-state index contributed by atoms with van der Waals surface area (Å²) >= 11 is 9.94. The van der Waals surface area contributed by atoms with Crippen molar-refractivity contribution < 1.29 is 19.4 Å². The van der Waals surface area contributed by atoms with Crippen molar-refractivity contribution in [3.05, 3.63) is 75.2 Å². The molecule has 4 atom stereocenters. The van der Waals surface area contributed by atoms with Crippen LogP contribution in [-0.4, -0.2) is 23.8 Å². The van der Waals surface area contributed by atoms with Gasteiger partial charge in [-0.2, -0.15) is 0 Å². The molecule has 1 saturated heterocycles. The summed E-state index contributed by atoms with van der Waals surface area (Å²) < 4.78 is 12.8. The fraction of sp³-hybridized carbons (Fsp3) is 0.348. The van der Waals surface area contributed by atoms with E-state index in [0.717, 1.165) is 28.1 Å². The summed E-state index contributed by atoms with van der Waals surface area (Å²) in [5, 5.41) is 9.77. The average Bonchev–Trinajstić information content (AvgIpc) is 2.67. The minimum Gasteiger partial charge on any atom is -0.480 e. The molecule has 0 amide bonds. The molecule has 0 radical (unpaired) electrons. The van der Waals surface area contributed by atoms with E-state index in [4.69, 9.17) is 26.2 Å². The van der Waals surface area contributed by atoms with Crippen molar-refractivity contribution in [2.45, 2.75) is 38.4 Å². The molecule has 2 aromatic rings. The highest BCUT2D eigenvalue weighted by Gasteiger charge is 2.39. The van der Waals surface area contributed by atoms with Gasteiger partial charge in [-0.25, -0.2) is 4.79 Å². The molecule has 0 unspecified atom stereocenters. The number of aliphatic carboxylic acids is 1. The van der Waals surface area contributed by atoms with E-state index in [9.17, 15) is 4.79 Å². The molecule has 0 spiro atoms. The van der Waals surface area contributed by atoms with E-state index in [1.807, 2.05) is 56.3 Å². The second kappa shape index (κ2) is 9.33. The van der Waals surface area contributed by atoms with Crippen LogP contribution in [0.2, 0.25) is 5.02 Å². The summed E-state index contributed by atoms with van der Waals surface area (Å²) in [4.78, 5) is 11.0. The van der Waals surface area contributed by atoms with E-state index in [1.54, 1.807) is 0 Å². The zero-order valence-electron chi connectivity index (χ0n) is 16.4. The van der Waals surface area contributed by atoms with Crippen molar-refractivity contribution in [3.63, 3.8) is 0 Å². The number of carboxylic acid groups (broad SMARTS) is 1. The van der Waals surface area contributed by atoms with Crippen molar-refractivity contribution in [2.75, 3.05) is 6.61 Å². The summed E-state index contributed by atoms with van der Waals surface area (Å²) in [7, 11) is 0. The molecule has 1 heterocycles. The number of rotatable bonds is 6. The van der Waals surface area contributed by atoms with Crippen LogP contribution in [0.4, 0.5) is 0 Å². The molecule has 1 aliphatic rings. The molecule has 1 N–H and O–H groups in total. The highest BCUT2D eigenvalue weighted by atomic mass is 79.9. The van der Waals surface area contributed by atoms with Gasteiger partial charge in [-0.05, 0) is 53.9 Å². The predicted molar refractivity (Wildman–Crippen MR) is 118 cm³/mol. The van der Waals surface area contributed by atoms with Gasteiger partial charge in [0.2, 0.25) is 0 Å². The van der Waals surface area contributed by atoms with Crippen LogP contribution in [0.15, 0.2) is 59.1 Å². The van der Waals surface area contributed by atoms with Crippen LogP contribution in [-0.2, 0) is 9.53 Å². The Balaban J connectivity index is 1.97. The van der Waals surface area contributed by atoms with Crippen LogP contribution in [0.1, 0.15) is 43.4 Å². The lowest BCUT2D eigenvalue weighted by atomic mass is 9.76. The molecule has 2 aromatic carbocycles. The first-order chi connectivity index (χ1) is 13.8. The van der Waals surface area contributed by atoms with Crippen LogP contribution < -0.4 is 4.74 Å². The normalized spacial score (nSPS) is 24.1. The Morgan fingerprint density at radius 1 is 1.28 bits per heavy atom. The number of ether oxygens (including phenoxy) is 2. The number of benzene rings is 2. The smallest absolute Gasteiger partial charge is 0.341 e. The fourth-order valence-corrected chi connectivity index (χ4v) is 4.72. The molecule has 0 bridgehead atoms. The Morgan fingerprint density at radius 3 is 2.62 bits per heavy atom. The standard InChI is InChI=1S/C23H24BrClO4/c1-13(2)17-11-18(15-7-4-5-10-20(15)25)14(3)29-22(17)16-8-6-9-19(24)23(16)28-12-21(26)27/h4-10,14,17-18,22H,1,11-12H2,2-3H3,(H,26,27)/t14-,17+,18-,22+/m0/s1. The monoisotopic (exact) mass is 478 g/mol. The van der Waals surface area contributed by atoms with Crippen molar-refractivity contribution in [2.24, 2.45) is 5.92 Å². The van der Waals surface area contributed by atoms with Crippen LogP contribution in [0, 0.1) is 5.92 Å². The Kier molecular flexibility index (Phi) is 7.04. The molecule has 154 valence electrons. The van der Waals surface area contributed by atoms with Gasteiger partial charge in [-0.3, -0.25) is 0 Å². The third-order valence-corrected chi connectivity index (χ3v) is 6.35. The summed E-state index contributed by atoms with van der Waals surface area (Å²) in [5.41, 5.74) is 2.89. The first kappa shape index (κ1) is 21.9. The van der Waals surface area contributed by atoms with E-state index in [-0.39, 0.29) is 24.0 Å². The van der Waals surface area contributed by atoms with Gasteiger partial charge in [0.1, 0.15) is 5.75 Å². The molecule has 6 heteroatoms. The van der Waals surface area contributed by atoms with E-state index >= 15 is 0 Å². The largest absolute Gasteiger partial charge is 0.480 e.